The molecule has 1 aromatic carbocycles. The van der Waals surface area contributed by atoms with Crippen LogP contribution in [-0.4, -0.2) is 183 Å². The molecule has 434 valence electrons. The first-order valence-electron chi connectivity index (χ1n) is 27.5. The standard InChI is InChI=1S/C55H82N6O16S/c1-3-59(45-9-7-8-42(2)38-45)52(65)41-60-46-18-37-78-48(46)39-47(60)55(68)58-40-43-11-13-44(14-12-43)54(67)57-19-6-4-5-10-49(62)56-20-22-70-24-26-72-28-30-74-32-34-76-36-35-75-33-31-73-29-27-71-25-23-69-21-17-53(66)77-61-50(63)15-16-51(61)64/h7-9,18,37-39,43-44H,3-6,10-17,19-36,40-41H2,1-2H3,(H,56,62)(H,57,67)(H,58,68). The SMILES string of the molecule is CCN(C(=O)Cn1c(C(=O)NCC2CCC(C(=O)NCCCCCC(=O)NCCOCCOCCOCCOCCOCCOCCOCCOCCC(=O)ON3C(=O)CCC3=O)CC2)cc2sccc21)c1cccc(C)c1. The number of anilines is 1. The number of rotatable bonds is 42. The quantitative estimate of drug-likeness (QED) is 0.0521. The molecule has 23 heteroatoms. The zero-order chi connectivity index (χ0) is 55.6. The van der Waals surface area contributed by atoms with Crippen LogP contribution in [-0.2, 0) is 78.0 Å². The molecule has 2 aromatic heterocycles. The number of nitrogens with one attached hydrogen (secondary N) is 3. The summed E-state index contributed by atoms with van der Waals surface area (Å²) in [6.07, 6.45) is 6.05. The summed E-state index contributed by atoms with van der Waals surface area (Å²) >= 11 is 1.55. The number of hydroxylamine groups is 2. The van der Waals surface area contributed by atoms with Crippen molar-refractivity contribution >= 4 is 68.7 Å². The van der Waals surface area contributed by atoms with Gasteiger partial charge in [-0.15, -0.1) is 16.4 Å². The van der Waals surface area contributed by atoms with Crippen molar-refractivity contribution in [3.8, 4) is 0 Å². The minimum atomic E-state index is -0.709. The monoisotopic (exact) mass is 1110 g/mol. The van der Waals surface area contributed by atoms with E-state index in [4.69, 9.17) is 42.7 Å². The Labute approximate surface area is 461 Å². The molecule has 0 bridgehead atoms. The smallest absolute Gasteiger partial charge is 0.335 e. The van der Waals surface area contributed by atoms with E-state index in [9.17, 15) is 33.6 Å². The van der Waals surface area contributed by atoms with Crippen LogP contribution in [0, 0.1) is 18.8 Å². The fourth-order valence-electron chi connectivity index (χ4n) is 8.71. The highest BCUT2D eigenvalue weighted by Gasteiger charge is 2.33. The van der Waals surface area contributed by atoms with Gasteiger partial charge in [-0.05, 0) is 93.5 Å². The number of benzene rings is 1. The fraction of sp³-hybridized carbons (Fsp3) is 0.655. The number of carbonyl (C=O) groups is 7. The van der Waals surface area contributed by atoms with Gasteiger partial charge in [-0.2, -0.15) is 0 Å². The highest BCUT2D eigenvalue weighted by molar-refractivity contribution is 7.17. The first-order chi connectivity index (χ1) is 38.0. The summed E-state index contributed by atoms with van der Waals surface area (Å²) in [5, 5.41) is 11.6. The van der Waals surface area contributed by atoms with Gasteiger partial charge in [0.05, 0.1) is 122 Å². The number of thiophene rings is 1. The van der Waals surface area contributed by atoms with Gasteiger partial charge in [0.25, 0.3) is 17.7 Å². The third-order valence-corrected chi connectivity index (χ3v) is 13.8. The third-order valence-electron chi connectivity index (χ3n) is 13.0. The fourth-order valence-corrected chi connectivity index (χ4v) is 9.53. The van der Waals surface area contributed by atoms with E-state index in [0.717, 1.165) is 66.4 Å². The summed E-state index contributed by atoms with van der Waals surface area (Å²) in [6.45, 7) is 12.2. The van der Waals surface area contributed by atoms with Crippen molar-refractivity contribution in [1.82, 2.24) is 25.6 Å². The molecule has 2 fully saturated rings. The molecule has 0 radical (unpaired) electrons. The Morgan fingerprint density at radius 3 is 1.79 bits per heavy atom. The van der Waals surface area contributed by atoms with E-state index in [2.05, 4.69) is 16.0 Å². The second-order valence-corrected chi connectivity index (χ2v) is 19.8. The molecule has 5 rings (SSSR count). The maximum Gasteiger partial charge on any atom is 0.335 e. The number of fused-ring (bicyclic) bond motifs is 1. The second kappa shape index (κ2) is 37.5. The van der Waals surface area contributed by atoms with Gasteiger partial charge in [-0.3, -0.25) is 28.8 Å². The second-order valence-electron chi connectivity index (χ2n) is 18.8. The van der Waals surface area contributed by atoms with Gasteiger partial charge < -0.3 is 68.1 Å². The van der Waals surface area contributed by atoms with Crippen LogP contribution in [0.1, 0.15) is 93.6 Å². The lowest BCUT2D eigenvalue weighted by atomic mass is 9.81. The molecule has 1 aliphatic heterocycles. The summed E-state index contributed by atoms with van der Waals surface area (Å²) in [5.41, 5.74) is 3.26. The number of amides is 6. The number of hydrogen-bond acceptors (Lipinski definition) is 17. The molecular formula is C55H82N6O16S. The van der Waals surface area contributed by atoms with Crippen molar-refractivity contribution in [2.45, 2.75) is 91.0 Å². The zero-order valence-corrected chi connectivity index (χ0v) is 46.4. The zero-order valence-electron chi connectivity index (χ0n) is 45.6. The lowest BCUT2D eigenvalue weighted by Crippen LogP contribution is -2.37. The predicted octanol–water partition coefficient (Wildman–Crippen LogP) is 4.52. The first kappa shape index (κ1) is 63.5. The van der Waals surface area contributed by atoms with Crippen molar-refractivity contribution in [1.29, 1.82) is 0 Å². The molecule has 1 aliphatic carbocycles. The molecule has 3 aromatic rings. The summed E-state index contributed by atoms with van der Waals surface area (Å²) in [7, 11) is 0. The number of carbonyl (C=O) groups excluding carboxylic acids is 7. The Balaban J connectivity index is 0.732. The molecular weight excluding hydrogens is 1030 g/mol. The van der Waals surface area contributed by atoms with Crippen LogP contribution in [0.2, 0.25) is 0 Å². The highest BCUT2D eigenvalue weighted by atomic mass is 32.1. The van der Waals surface area contributed by atoms with Crippen LogP contribution < -0.4 is 20.9 Å². The van der Waals surface area contributed by atoms with Crippen molar-refractivity contribution in [3.63, 3.8) is 0 Å². The van der Waals surface area contributed by atoms with E-state index >= 15 is 0 Å². The van der Waals surface area contributed by atoms with Gasteiger partial charge in [0.1, 0.15) is 12.2 Å². The van der Waals surface area contributed by atoms with Crippen molar-refractivity contribution in [2.75, 3.05) is 137 Å². The largest absolute Gasteiger partial charge is 0.378 e. The topological polar surface area (TPSA) is 250 Å². The third kappa shape index (κ3) is 23.9. The van der Waals surface area contributed by atoms with Crippen molar-refractivity contribution < 1.29 is 76.3 Å². The maximum atomic E-state index is 13.6. The van der Waals surface area contributed by atoms with Gasteiger partial charge in [-0.25, -0.2) is 4.79 Å². The molecule has 0 spiro atoms. The number of hydrogen-bond donors (Lipinski definition) is 3. The number of likely N-dealkylation sites (N-methyl/N-ethyl adjacent to an activating group) is 1. The number of imide groups is 1. The maximum absolute atomic E-state index is 13.6. The van der Waals surface area contributed by atoms with Crippen LogP contribution in [0.25, 0.3) is 10.2 Å². The van der Waals surface area contributed by atoms with Gasteiger partial charge >= 0.3 is 5.97 Å². The molecule has 6 amide bonds. The minimum Gasteiger partial charge on any atom is -0.378 e. The number of ether oxygens (including phenoxy) is 8. The lowest BCUT2D eigenvalue weighted by molar-refractivity contribution is -0.198. The van der Waals surface area contributed by atoms with E-state index in [0.29, 0.717) is 136 Å². The summed E-state index contributed by atoms with van der Waals surface area (Å²) < 4.78 is 46.5. The van der Waals surface area contributed by atoms with Crippen LogP contribution in [0.3, 0.4) is 0 Å². The van der Waals surface area contributed by atoms with Crippen molar-refractivity contribution in [2.24, 2.45) is 11.8 Å². The molecule has 0 unspecified atom stereocenters. The van der Waals surface area contributed by atoms with Gasteiger partial charge in [0.2, 0.25) is 17.7 Å². The van der Waals surface area contributed by atoms with Gasteiger partial charge in [0, 0.05) is 57.0 Å². The Morgan fingerprint density at radius 1 is 0.641 bits per heavy atom. The number of aryl methyl sites for hydroxylation is 1. The molecule has 22 nitrogen and oxygen atoms in total. The molecule has 3 N–H and O–H groups in total. The van der Waals surface area contributed by atoms with Gasteiger partial charge in [-0.1, -0.05) is 18.6 Å². The minimum absolute atomic E-state index is 0.0237. The number of nitrogens with zero attached hydrogens (tertiary/aromatic N) is 3. The van der Waals surface area contributed by atoms with Crippen molar-refractivity contribution in [3.05, 3.63) is 53.0 Å². The number of aromatic nitrogens is 1. The summed E-state index contributed by atoms with van der Waals surface area (Å²) in [4.78, 5) is 93.5. The first-order valence-corrected chi connectivity index (χ1v) is 28.4. The molecule has 1 saturated carbocycles. The molecule has 3 heterocycles. The lowest BCUT2D eigenvalue weighted by Gasteiger charge is -2.28. The molecule has 2 aliphatic rings. The average Bonchev–Trinajstić information content (AvgIpc) is 4.16. The predicted molar refractivity (Wildman–Crippen MR) is 290 cm³/mol. The molecule has 0 atom stereocenters. The van der Waals surface area contributed by atoms with Crippen LogP contribution in [0.4, 0.5) is 5.69 Å². The van der Waals surface area contributed by atoms with E-state index in [-0.39, 0.29) is 74.5 Å². The Bertz CT molecular complexity index is 2270. The Kier molecular flexibility index (Phi) is 30.5. The van der Waals surface area contributed by atoms with E-state index < -0.39 is 17.8 Å². The normalized spacial score (nSPS) is 15.5. The Morgan fingerprint density at radius 2 is 1.22 bits per heavy atom. The van der Waals surface area contributed by atoms with Gasteiger partial charge in [0.15, 0.2) is 0 Å². The number of unbranched alkanes of at least 4 members (excludes halogenated alkanes) is 2. The van der Waals surface area contributed by atoms with E-state index in [1.807, 2.05) is 60.2 Å². The highest BCUT2D eigenvalue weighted by Crippen LogP contribution is 2.30. The molecule has 1 saturated heterocycles. The molecule has 78 heavy (non-hydrogen) atoms. The van der Waals surface area contributed by atoms with E-state index in [1.54, 1.807) is 16.2 Å². The van der Waals surface area contributed by atoms with Crippen LogP contribution in [0.15, 0.2) is 41.8 Å². The van der Waals surface area contributed by atoms with E-state index in [1.165, 1.54) is 0 Å². The summed E-state index contributed by atoms with van der Waals surface area (Å²) in [5.74, 6) is -1.74. The Hall–Kier alpha value is -5.37. The summed E-state index contributed by atoms with van der Waals surface area (Å²) in [6, 6.07) is 11.7. The van der Waals surface area contributed by atoms with Crippen LogP contribution in [0.5, 0.6) is 0 Å². The van der Waals surface area contributed by atoms with Crippen LogP contribution >= 0.6 is 11.3 Å². The average molecular weight is 1120 g/mol.